The van der Waals surface area contributed by atoms with Gasteiger partial charge in [-0.2, -0.15) is 9.29 Å². The average Bonchev–Trinajstić information content (AvgIpc) is 2.97. The molecule has 0 spiro atoms. The molecular weight excluding hydrogens is 546 g/mol. The van der Waals surface area contributed by atoms with Crippen LogP contribution in [0, 0.1) is 24.5 Å². The van der Waals surface area contributed by atoms with Crippen LogP contribution in [-0.4, -0.2) is 42.3 Å². The van der Waals surface area contributed by atoms with Crippen molar-refractivity contribution >= 4 is 33.2 Å². The summed E-state index contributed by atoms with van der Waals surface area (Å²) in [7, 11) is -3.65. The molecule has 0 saturated carbocycles. The van der Waals surface area contributed by atoms with Gasteiger partial charge in [0.05, 0.1) is 4.90 Å². The topological polar surface area (TPSA) is 99.2 Å². The molecule has 41 heavy (non-hydrogen) atoms. The molecular formula is C30H32F2N6O2S. The van der Waals surface area contributed by atoms with E-state index in [0.29, 0.717) is 54.9 Å². The van der Waals surface area contributed by atoms with E-state index in [1.807, 2.05) is 0 Å². The molecule has 1 saturated heterocycles. The SMILES string of the molecule is Cc1cc(Nc2ccnc(Nc3ccc(S(=O)(=O)N4CCCC(CNCc5ccc(F)cc5)C4)cc3)n2)ccc1F. The van der Waals surface area contributed by atoms with Crippen LogP contribution in [0.1, 0.15) is 24.0 Å². The number of nitrogens with zero attached hydrogens (tertiary/aromatic N) is 3. The summed E-state index contributed by atoms with van der Waals surface area (Å²) in [6.07, 6.45) is 3.33. The molecule has 0 aliphatic carbocycles. The number of anilines is 4. The minimum absolute atomic E-state index is 0.191. The van der Waals surface area contributed by atoms with Gasteiger partial charge in [0.2, 0.25) is 16.0 Å². The van der Waals surface area contributed by atoms with E-state index >= 15 is 0 Å². The molecule has 4 aromatic rings. The first kappa shape index (κ1) is 28.6. The van der Waals surface area contributed by atoms with Crippen LogP contribution in [0.25, 0.3) is 0 Å². The number of piperidine rings is 1. The third-order valence-corrected chi connectivity index (χ3v) is 8.87. The van der Waals surface area contributed by atoms with Crippen molar-refractivity contribution < 1.29 is 17.2 Å². The Morgan fingerprint density at radius 3 is 2.46 bits per heavy atom. The first-order chi connectivity index (χ1) is 19.8. The lowest BCUT2D eigenvalue weighted by Crippen LogP contribution is -2.42. The molecule has 3 aromatic carbocycles. The van der Waals surface area contributed by atoms with Crippen molar-refractivity contribution in [3.63, 3.8) is 0 Å². The van der Waals surface area contributed by atoms with E-state index in [9.17, 15) is 17.2 Å². The lowest BCUT2D eigenvalue weighted by atomic mass is 9.99. The Morgan fingerprint density at radius 1 is 0.951 bits per heavy atom. The fraction of sp³-hybridized carbons (Fsp3) is 0.267. The van der Waals surface area contributed by atoms with E-state index in [0.717, 1.165) is 18.4 Å². The van der Waals surface area contributed by atoms with Crippen LogP contribution in [0.4, 0.5) is 31.9 Å². The highest BCUT2D eigenvalue weighted by Gasteiger charge is 2.30. The van der Waals surface area contributed by atoms with Gasteiger partial charge in [-0.05, 0) is 104 Å². The van der Waals surface area contributed by atoms with Crippen LogP contribution >= 0.6 is 0 Å². The second kappa shape index (κ2) is 12.7. The lowest BCUT2D eigenvalue weighted by Gasteiger charge is -2.32. The van der Waals surface area contributed by atoms with Crippen LogP contribution < -0.4 is 16.0 Å². The van der Waals surface area contributed by atoms with Crippen molar-refractivity contribution in [1.82, 2.24) is 19.6 Å². The zero-order valence-electron chi connectivity index (χ0n) is 22.6. The molecule has 1 atom stereocenters. The monoisotopic (exact) mass is 578 g/mol. The van der Waals surface area contributed by atoms with Gasteiger partial charge in [0, 0.05) is 37.2 Å². The Balaban J connectivity index is 1.17. The highest BCUT2D eigenvalue weighted by molar-refractivity contribution is 7.89. The second-order valence-corrected chi connectivity index (χ2v) is 12.1. The largest absolute Gasteiger partial charge is 0.340 e. The Kier molecular flexibility index (Phi) is 8.87. The minimum Gasteiger partial charge on any atom is -0.340 e. The van der Waals surface area contributed by atoms with Gasteiger partial charge >= 0.3 is 0 Å². The summed E-state index contributed by atoms with van der Waals surface area (Å²) < 4.78 is 55.0. The Morgan fingerprint density at radius 2 is 1.71 bits per heavy atom. The molecule has 1 aromatic heterocycles. The van der Waals surface area contributed by atoms with Gasteiger partial charge < -0.3 is 16.0 Å². The van der Waals surface area contributed by atoms with Gasteiger partial charge in [-0.3, -0.25) is 0 Å². The minimum atomic E-state index is -3.65. The van der Waals surface area contributed by atoms with Gasteiger partial charge in [0.1, 0.15) is 17.5 Å². The average molecular weight is 579 g/mol. The van der Waals surface area contributed by atoms with Crippen molar-refractivity contribution in [3.05, 3.63) is 102 Å². The summed E-state index contributed by atoms with van der Waals surface area (Å²) >= 11 is 0. The molecule has 214 valence electrons. The zero-order valence-corrected chi connectivity index (χ0v) is 23.5. The smallest absolute Gasteiger partial charge is 0.243 e. The number of halogens is 2. The van der Waals surface area contributed by atoms with E-state index in [1.165, 1.54) is 18.2 Å². The van der Waals surface area contributed by atoms with E-state index in [-0.39, 0.29) is 22.4 Å². The number of aryl methyl sites for hydroxylation is 1. The number of nitrogens with one attached hydrogen (secondary N) is 3. The summed E-state index contributed by atoms with van der Waals surface area (Å²) in [6.45, 7) is 3.90. The predicted molar refractivity (Wildman–Crippen MR) is 156 cm³/mol. The van der Waals surface area contributed by atoms with E-state index in [2.05, 4.69) is 25.9 Å². The van der Waals surface area contributed by atoms with Gasteiger partial charge in [-0.15, -0.1) is 0 Å². The number of aromatic nitrogens is 2. The van der Waals surface area contributed by atoms with Crippen LogP contribution in [0.5, 0.6) is 0 Å². The predicted octanol–water partition coefficient (Wildman–Crippen LogP) is 5.74. The van der Waals surface area contributed by atoms with Crippen molar-refractivity contribution in [2.75, 3.05) is 30.3 Å². The summed E-state index contributed by atoms with van der Waals surface area (Å²) in [6, 6.07) is 19.3. The second-order valence-electron chi connectivity index (χ2n) is 10.1. The van der Waals surface area contributed by atoms with E-state index in [4.69, 9.17) is 0 Å². The van der Waals surface area contributed by atoms with Crippen molar-refractivity contribution in [1.29, 1.82) is 0 Å². The maximum absolute atomic E-state index is 13.6. The number of benzene rings is 3. The van der Waals surface area contributed by atoms with Gasteiger partial charge in [-0.25, -0.2) is 22.2 Å². The number of sulfonamides is 1. The number of hydrogen-bond acceptors (Lipinski definition) is 7. The molecule has 2 heterocycles. The maximum Gasteiger partial charge on any atom is 0.243 e. The normalized spacial score (nSPS) is 15.9. The molecule has 8 nitrogen and oxygen atoms in total. The highest BCUT2D eigenvalue weighted by Crippen LogP contribution is 2.26. The molecule has 0 radical (unpaired) electrons. The van der Waals surface area contributed by atoms with Crippen LogP contribution in [-0.2, 0) is 16.6 Å². The molecule has 1 unspecified atom stereocenters. The van der Waals surface area contributed by atoms with Crippen LogP contribution in [0.15, 0.2) is 83.9 Å². The standard InChI is InChI=1S/C30H32F2N6O2S/c1-21-17-26(10-13-28(21)32)35-29-14-15-34-30(37-29)36-25-8-11-27(12-9-25)41(39,40)38-16-2-3-23(20-38)19-33-18-22-4-6-24(31)7-5-22/h4-15,17,23,33H,2-3,16,18-20H2,1H3,(H2,34,35,36,37). The Bertz CT molecular complexity index is 1580. The summed E-state index contributed by atoms with van der Waals surface area (Å²) in [5.74, 6) is 0.508. The molecule has 5 rings (SSSR count). The zero-order chi connectivity index (χ0) is 28.8. The third-order valence-electron chi connectivity index (χ3n) is 6.99. The van der Waals surface area contributed by atoms with E-state index < -0.39 is 10.0 Å². The molecule has 0 bridgehead atoms. The molecule has 3 N–H and O–H groups in total. The summed E-state index contributed by atoms with van der Waals surface area (Å²) in [5.41, 5.74) is 2.85. The first-order valence-electron chi connectivity index (χ1n) is 13.4. The fourth-order valence-corrected chi connectivity index (χ4v) is 6.34. The Labute approximate surface area is 238 Å². The summed E-state index contributed by atoms with van der Waals surface area (Å²) in [5, 5.41) is 9.60. The first-order valence-corrected chi connectivity index (χ1v) is 14.9. The maximum atomic E-state index is 13.6. The lowest BCUT2D eigenvalue weighted by molar-refractivity contribution is 0.260. The van der Waals surface area contributed by atoms with Crippen molar-refractivity contribution in [2.45, 2.75) is 31.2 Å². The fourth-order valence-electron chi connectivity index (χ4n) is 4.78. The quantitative estimate of drug-likeness (QED) is 0.221. The molecule has 1 fully saturated rings. The van der Waals surface area contributed by atoms with Crippen molar-refractivity contribution in [3.8, 4) is 0 Å². The molecule has 11 heteroatoms. The number of rotatable bonds is 10. The highest BCUT2D eigenvalue weighted by atomic mass is 32.2. The van der Waals surface area contributed by atoms with Gasteiger partial charge in [0.25, 0.3) is 0 Å². The summed E-state index contributed by atoms with van der Waals surface area (Å²) in [4.78, 5) is 8.90. The van der Waals surface area contributed by atoms with Crippen LogP contribution in [0.3, 0.4) is 0 Å². The van der Waals surface area contributed by atoms with E-state index in [1.54, 1.807) is 72.0 Å². The molecule has 1 aliphatic heterocycles. The molecule has 0 amide bonds. The van der Waals surface area contributed by atoms with Crippen LogP contribution in [0.2, 0.25) is 0 Å². The Hall–Kier alpha value is -3.93. The molecule has 1 aliphatic rings. The van der Waals surface area contributed by atoms with Gasteiger partial charge in [0.15, 0.2) is 0 Å². The third kappa shape index (κ3) is 7.43. The van der Waals surface area contributed by atoms with Gasteiger partial charge in [-0.1, -0.05) is 12.1 Å². The van der Waals surface area contributed by atoms with Crippen molar-refractivity contribution in [2.24, 2.45) is 5.92 Å². The number of hydrogen-bond donors (Lipinski definition) is 3.